The van der Waals surface area contributed by atoms with E-state index in [0.29, 0.717) is 52.8 Å². The van der Waals surface area contributed by atoms with Crippen LogP contribution >= 0.6 is 11.3 Å². The fourth-order valence-corrected chi connectivity index (χ4v) is 8.22. The zero-order valence-corrected chi connectivity index (χ0v) is 27.2. The molecular formula is C34H34F4N8OS. The monoisotopic (exact) mass is 678 g/mol. The Morgan fingerprint density at radius 3 is 2.67 bits per heavy atom. The van der Waals surface area contributed by atoms with Gasteiger partial charge in [0, 0.05) is 72.1 Å². The number of benzene rings is 2. The summed E-state index contributed by atoms with van der Waals surface area (Å²) in [6.07, 6.45) is 0.656. The number of aromatic nitrogens is 5. The van der Waals surface area contributed by atoms with Gasteiger partial charge in [0.05, 0.1) is 30.6 Å². The highest BCUT2D eigenvalue weighted by molar-refractivity contribution is 7.13. The maximum atomic E-state index is 15.7. The fourth-order valence-electron chi connectivity index (χ4n) is 7.69. The van der Waals surface area contributed by atoms with Gasteiger partial charge in [-0.1, -0.05) is 19.1 Å². The summed E-state index contributed by atoms with van der Waals surface area (Å²) >= 11 is 1.23. The van der Waals surface area contributed by atoms with E-state index in [9.17, 15) is 18.0 Å². The Kier molecular flexibility index (Phi) is 7.55. The van der Waals surface area contributed by atoms with Crippen LogP contribution in [0.5, 0.6) is 0 Å². The van der Waals surface area contributed by atoms with Gasteiger partial charge < -0.3 is 9.47 Å². The quantitative estimate of drug-likeness (QED) is 0.197. The van der Waals surface area contributed by atoms with E-state index >= 15 is 4.39 Å². The van der Waals surface area contributed by atoms with Crippen molar-refractivity contribution in [2.24, 2.45) is 5.92 Å². The van der Waals surface area contributed by atoms with E-state index in [1.165, 1.54) is 34.6 Å². The van der Waals surface area contributed by atoms with E-state index in [1.54, 1.807) is 16.1 Å². The maximum Gasteiger partial charge on any atom is 0.264 e. The van der Waals surface area contributed by atoms with Gasteiger partial charge in [-0.15, -0.1) is 11.3 Å². The van der Waals surface area contributed by atoms with Crippen LogP contribution in [0.2, 0.25) is 0 Å². The van der Waals surface area contributed by atoms with Gasteiger partial charge in [0.15, 0.2) is 11.2 Å². The minimum atomic E-state index is -2.82. The minimum Gasteiger partial charge on any atom is -0.368 e. The molecule has 3 aliphatic rings. The number of thiazole rings is 1. The zero-order valence-electron chi connectivity index (χ0n) is 26.4. The van der Waals surface area contributed by atoms with Crippen LogP contribution in [-0.4, -0.2) is 79.7 Å². The van der Waals surface area contributed by atoms with Gasteiger partial charge in [-0.05, 0) is 48.4 Å². The molecule has 0 bridgehead atoms. The molecule has 2 aromatic carbocycles. The highest BCUT2D eigenvalue weighted by atomic mass is 32.1. The molecule has 6 heterocycles. The van der Waals surface area contributed by atoms with Gasteiger partial charge in [0.25, 0.3) is 12.3 Å². The van der Waals surface area contributed by atoms with E-state index < -0.39 is 30.2 Å². The number of fused-ring (bicyclic) bond motifs is 3. The second-order valence-electron chi connectivity index (χ2n) is 13.1. The minimum absolute atomic E-state index is 0.0420. The molecule has 5 aromatic rings. The van der Waals surface area contributed by atoms with Crippen molar-refractivity contribution < 1.29 is 22.4 Å². The van der Waals surface area contributed by atoms with Crippen molar-refractivity contribution in [3.05, 3.63) is 76.9 Å². The summed E-state index contributed by atoms with van der Waals surface area (Å²) in [5.41, 5.74) is 2.61. The number of amides is 1. The number of likely N-dealkylation sites (tertiary alicyclic amines) is 1. The van der Waals surface area contributed by atoms with Crippen LogP contribution in [0.4, 0.5) is 28.4 Å². The third kappa shape index (κ3) is 5.16. The first-order valence-corrected chi connectivity index (χ1v) is 16.9. The van der Waals surface area contributed by atoms with Crippen LogP contribution in [0.15, 0.2) is 54.4 Å². The number of rotatable bonds is 8. The van der Waals surface area contributed by atoms with Crippen LogP contribution < -0.4 is 10.2 Å². The molecule has 1 amide bonds. The summed E-state index contributed by atoms with van der Waals surface area (Å²) in [5.74, 6) is -0.559. The Morgan fingerprint density at radius 2 is 1.96 bits per heavy atom. The number of carbonyl (C=O) groups excluding carboxylic acids is 1. The molecule has 0 aliphatic carbocycles. The van der Waals surface area contributed by atoms with E-state index in [2.05, 4.69) is 32.0 Å². The first kappa shape index (κ1) is 31.0. The first-order chi connectivity index (χ1) is 23.1. The number of nitrogens with zero attached hydrogens (tertiary/aromatic N) is 7. The van der Waals surface area contributed by atoms with Crippen molar-refractivity contribution >= 4 is 39.0 Å². The molecule has 250 valence electrons. The van der Waals surface area contributed by atoms with Crippen molar-refractivity contribution in [2.45, 2.75) is 51.1 Å². The highest BCUT2D eigenvalue weighted by Crippen LogP contribution is 2.42. The molecule has 14 heteroatoms. The molecule has 2 fully saturated rings. The van der Waals surface area contributed by atoms with Gasteiger partial charge in [-0.3, -0.25) is 19.7 Å². The van der Waals surface area contributed by atoms with Gasteiger partial charge in [0.2, 0.25) is 0 Å². The van der Waals surface area contributed by atoms with Gasteiger partial charge >= 0.3 is 0 Å². The summed E-state index contributed by atoms with van der Waals surface area (Å²) in [6.45, 7) is 6.99. The molecule has 1 unspecified atom stereocenters. The van der Waals surface area contributed by atoms with E-state index in [-0.39, 0.29) is 29.8 Å². The third-order valence-electron chi connectivity index (χ3n) is 10.1. The summed E-state index contributed by atoms with van der Waals surface area (Å²) in [4.78, 5) is 26.6. The second kappa shape index (κ2) is 11.7. The summed E-state index contributed by atoms with van der Waals surface area (Å²) in [7, 11) is 0. The van der Waals surface area contributed by atoms with Crippen LogP contribution in [0.1, 0.15) is 41.9 Å². The van der Waals surface area contributed by atoms with Gasteiger partial charge in [-0.25, -0.2) is 27.5 Å². The molecule has 0 spiro atoms. The first-order valence-electron chi connectivity index (χ1n) is 16.1. The number of nitrogens with one attached hydrogen (secondary N) is 1. The Hall–Kier alpha value is -4.30. The van der Waals surface area contributed by atoms with Crippen LogP contribution in [-0.2, 0) is 17.8 Å². The fraction of sp³-hybridized carbons (Fsp3) is 0.412. The number of alkyl halides is 4. The average Bonchev–Trinajstić information content (AvgIpc) is 3.90. The number of anilines is 2. The van der Waals surface area contributed by atoms with E-state index in [0.717, 1.165) is 24.3 Å². The number of halogens is 4. The molecule has 0 saturated carbocycles. The second-order valence-corrected chi connectivity index (χ2v) is 14.0. The zero-order chi connectivity index (χ0) is 33.3. The largest absolute Gasteiger partial charge is 0.368 e. The normalized spacial score (nSPS) is 22.9. The van der Waals surface area contributed by atoms with E-state index in [4.69, 9.17) is 5.10 Å². The molecule has 9 nitrogen and oxygen atoms in total. The molecule has 8 rings (SSSR count). The standard InChI is InChI=1S/C34H34F4N8OS/c1-3-43-12-21-13-44(17-34(21,38)16-43)23-6-4-20(5-7-23)24-11-25(31(36)37)26-15-46(42-28(26)19(24)2)30(32(47)41-33-39-8-9-48-33)29-27-10-22(35)14-45(27)18-40-29/h4-9,11,15,18,21-22,30-31H,3,10,12-14,16-17H2,1-2H3,(H,39,41,47)/t21-,22+,30?,34-/m0/s1. The Morgan fingerprint density at radius 1 is 1.15 bits per heavy atom. The molecule has 48 heavy (non-hydrogen) atoms. The van der Waals surface area contributed by atoms with E-state index in [1.807, 2.05) is 31.2 Å². The van der Waals surface area contributed by atoms with Crippen molar-refractivity contribution in [1.82, 2.24) is 29.2 Å². The summed E-state index contributed by atoms with van der Waals surface area (Å²) in [6, 6.07) is 7.90. The summed E-state index contributed by atoms with van der Waals surface area (Å²) < 4.78 is 62.5. The van der Waals surface area contributed by atoms with Crippen molar-refractivity contribution in [2.75, 3.05) is 42.9 Å². The Labute approximate surface area is 278 Å². The average molecular weight is 679 g/mol. The number of aryl methyl sites for hydroxylation is 1. The predicted octanol–water partition coefficient (Wildman–Crippen LogP) is 6.20. The number of imidazole rings is 1. The number of hydrogen-bond donors (Lipinski definition) is 1. The molecular weight excluding hydrogens is 644 g/mol. The number of hydrogen-bond acceptors (Lipinski definition) is 7. The Balaban J connectivity index is 1.16. The van der Waals surface area contributed by atoms with Crippen LogP contribution in [0.25, 0.3) is 22.0 Å². The lowest BCUT2D eigenvalue weighted by atomic mass is 9.95. The lowest BCUT2D eigenvalue weighted by Crippen LogP contribution is -2.36. The van der Waals surface area contributed by atoms with Crippen LogP contribution in [0.3, 0.4) is 0 Å². The van der Waals surface area contributed by atoms with Gasteiger partial charge in [0.1, 0.15) is 11.8 Å². The van der Waals surface area contributed by atoms with Crippen molar-refractivity contribution in [3.8, 4) is 11.1 Å². The predicted molar refractivity (Wildman–Crippen MR) is 176 cm³/mol. The van der Waals surface area contributed by atoms with Gasteiger partial charge in [-0.2, -0.15) is 5.10 Å². The highest BCUT2D eigenvalue weighted by Gasteiger charge is 2.53. The SMILES string of the molecule is CCN1C[C@H]2CN(c3ccc(-c4cc(C(F)F)c5cn(C(C(=O)Nc6nccs6)c6ncn7c6C[C@@H](F)C7)nc5c4C)cc3)C[C@@]2(F)C1. The Bertz CT molecular complexity index is 1990. The lowest BCUT2D eigenvalue weighted by Gasteiger charge is -2.24. The molecule has 3 aliphatic heterocycles. The lowest BCUT2D eigenvalue weighted by molar-refractivity contribution is -0.118. The molecule has 0 radical (unpaired) electrons. The van der Waals surface area contributed by atoms with Crippen LogP contribution in [0, 0.1) is 12.8 Å². The third-order valence-corrected chi connectivity index (χ3v) is 10.8. The molecule has 4 atom stereocenters. The smallest absolute Gasteiger partial charge is 0.264 e. The van der Waals surface area contributed by atoms with Crippen molar-refractivity contribution in [3.63, 3.8) is 0 Å². The number of carbonyl (C=O) groups is 1. The molecule has 2 saturated heterocycles. The van der Waals surface area contributed by atoms with Crippen molar-refractivity contribution in [1.29, 1.82) is 0 Å². The maximum absolute atomic E-state index is 15.7. The topological polar surface area (TPSA) is 84.1 Å². The molecule has 1 N–H and O–H groups in total. The summed E-state index contributed by atoms with van der Waals surface area (Å²) in [5, 5.41) is 9.81. The molecule has 3 aromatic heterocycles.